The average Bonchev–Trinajstić information content (AvgIpc) is 2.24. The van der Waals surface area contributed by atoms with Crippen molar-refractivity contribution in [2.45, 2.75) is 31.1 Å². The van der Waals surface area contributed by atoms with Crippen LogP contribution < -0.4 is 0 Å². The van der Waals surface area contributed by atoms with Crippen LogP contribution in [0.25, 0.3) is 0 Å². The number of hydrogen-bond acceptors (Lipinski definition) is 4. The summed E-state index contributed by atoms with van der Waals surface area (Å²) < 4.78 is 9.15. The molecule has 0 aromatic rings. The van der Waals surface area contributed by atoms with Crippen LogP contribution in [0.4, 0.5) is 0 Å². The van der Waals surface area contributed by atoms with Crippen LogP contribution in [-0.4, -0.2) is 22.0 Å². The zero-order valence-corrected chi connectivity index (χ0v) is 14.7. The Morgan fingerprint density at radius 3 is 1.84 bits per heavy atom. The SMILES string of the molecule is C=C(C)C(=O)OCC(C)(C)C(Br)(Br)OC(=O)C(=C)C. The highest BCUT2D eigenvalue weighted by atomic mass is 79.9. The summed E-state index contributed by atoms with van der Waals surface area (Å²) in [5.74, 6) is -1.04. The van der Waals surface area contributed by atoms with Crippen LogP contribution in [0.1, 0.15) is 27.7 Å². The lowest BCUT2D eigenvalue weighted by molar-refractivity contribution is -0.151. The Morgan fingerprint density at radius 2 is 1.47 bits per heavy atom. The monoisotopic (exact) mass is 396 g/mol. The number of carbonyl (C=O) groups is 2. The standard InChI is InChI=1S/C13H18Br2O4/c1-8(2)10(16)18-7-12(5,6)13(14,15)19-11(17)9(3)4/h1,3,7H2,2,4-6H3. The van der Waals surface area contributed by atoms with Crippen molar-refractivity contribution in [3.8, 4) is 0 Å². The summed E-state index contributed by atoms with van der Waals surface area (Å²) in [4.78, 5) is 22.9. The number of alkyl halides is 2. The smallest absolute Gasteiger partial charge is 0.335 e. The molecule has 0 atom stereocenters. The molecule has 0 unspecified atom stereocenters. The van der Waals surface area contributed by atoms with Crippen LogP contribution in [0, 0.1) is 5.41 Å². The van der Waals surface area contributed by atoms with Crippen molar-refractivity contribution in [3.05, 3.63) is 24.3 Å². The molecule has 19 heavy (non-hydrogen) atoms. The normalized spacial score (nSPS) is 11.7. The van der Waals surface area contributed by atoms with Crippen molar-refractivity contribution >= 4 is 43.8 Å². The second-order valence-corrected chi connectivity index (χ2v) is 8.22. The molecule has 108 valence electrons. The molecule has 0 aromatic carbocycles. The van der Waals surface area contributed by atoms with Crippen LogP contribution in [0.3, 0.4) is 0 Å². The molecule has 0 amide bonds. The lowest BCUT2D eigenvalue weighted by Gasteiger charge is -2.36. The molecular weight excluding hydrogens is 380 g/mol. The molecule has 0 rings (SSSR count). The number of carbonyl (C=O) groups excluding carboxylic acids is 2. The van der Waals surface area contributed by atoms with E-state index in [-0.39, 0.29) is 12.2 Å². The topological polar surface area (TPSA) is 52.6 Å². The minimum Gasteiger partial charge on any atom is -0.462 e. The molecule has 0 aliphatic rings. The van der Waals surface area contributed by atoms with E-state index in [0.29, 0.717) is 5.57 Å². The fraction of sp³-hybridized carbons (Fsp3) is 0.538. The summed E-state index contributed by atoms with van der Waals surface area (Å²) in [6, 6.07) is 0. The Bertz CT molecular complexity index is 411. The summed E-state index contributed by atoms with van der Waals surface area (Å²) in [7, 11) is 0. The van der Waals surface area contributed by atoms with E-state index in [1.165, 1.54) is 0 Å². The van der Waals surface area contributed by atoms with Crippen LogP contribution >= 0.6 is 31.9 Å². The first-order valence-corrected chi connectivity index (χ1v) is 7.08. The average molecular weight is 398 g/mol. The molecule has 0 saturated heterocycles. The third-order valence-corrected chi connectivity index (χ3v) is 4.74. The molecule has 0 saturated carbocycles. The third-order valence-electron chi connectivity index (χ3n) is 2.27. The molecule has 0 spiro atoms. The molecule has 0 aliphatic carbocycles. The fourth-order valence-electron chi connectivity index (χ4n) is 0.795. The molecule has 6 heteroatoms. The number of halogens is 2. The zero-order chi connectivity index (χ0) is 15.4. The van der Waals surface area contributed by atoms with Gasteiger partial charge in [-0.1, -0.05) is 27.0 Å². The molecular formula is C13H18Br2O4. The third kappa shape index (κ3) is 5.48. The summed E-state index contributed by atoms with van der Waals surface area (Å²) in [5, 5.41) is 0. The van der Waals surface area contributed by atoms with Gasteiger partial charge in [0, 0.05) is 11.1 Å². The molecule has 4 nitrogen and oxygen atoms in total. The summed E-state index contributed by atoms with van der Waals surface area (Å²) >= 11 is 6.56. The van der Waals surface area contributed by atoms with Gasteiger partial charge in [0.1, 0.15) is 6.61 Å². The van der Waals surface area contributed by atoms with Crippen LogP contribution in [-0.2, 0) is 19.1 Å². The Morgan fingerprint density at radius 1 is 1.05 bits per heavy atom. The van der Waals surface area contributed by atoms with E-state index < -0.39 is 20.8 Å². The van der Waals surface area contributed by atoms with E-state index in [1.54, 1.807) is 27.7 Å². The van der Waals surface area contributed by atoms with E-state index in [9.17, 15) is 9.59 Å². The molecule has 0 N–H and O–H groups in total. The second-order valence-electron chi connectivity index (χ2n) is 4.93. The van der Waals surface area contributed by atoms with Crippen LogP contribution in [0.15, 0.2) is 24.3 Å². The van der Waals surface area contributed by atoms with Crippen molar-refractivity contribution in [2.24, 2.45) is 5.41 Å². The lowest BCUT2D eigenvalue weighted by Crippen LogP contribution is -2.41. The highest BCUT2D eigenvalue weighted by molar-refractivity contribution is 9.25. The van der Waals surface area contributed by atoms with E-state index in [2.05, 4.69) is 45.0 Å². The van der Waals surface area contributed by atoms with Gasteiger partial charge < -0.3 is 9.47 Å². The van der Waals surface area contributed by atoms with Gasteiger partial charge in [-0.3, -0.25) is 0 Å². The summed E-state index contributed by atoms with van der Waals surface area (Å²) in [6.45, 7) is 13.7. The maximum Gasteiger partial charge on any atom is 0.335 e. The molecule has 0 aliphatic heterocycles. The van der Waals surface area contributed by atoms with Gasteiger partial charge in [-0.2, -0.15) is 0 Å². The first kappa shape index (κ1) is 18.4. The Balaban J connectivity index is 4.77. The number of ether oxygens (including phenoxy) is 2. The molecule has 0 radical (unpaired) electrons. The van der Waals surface area contributed by atoms with E-state index in [1.807, 2.05) is 0 Å². The van der Waals surface area contributed by atoms with E-state index in [4.69, 9.17) is 9.47 Å². The zero-order valence-electron chi connectivity index (χ0n) is 11.5. The second kappa shape index (κ2) is 6.70. The minimum absolute atomic E-state index is 0.0403. The van der Waals surface area contributed by atoms with Crippen molar-refractivity contribution < 1.29 is 19.1 Å². The van der Waals surface area contributed by atoms with E-state index in [0.717, 1.165) is 0 Å². The van der Waals surface area contributed by atoms with Crippen molar-refractivity contribution in [2.75, 3.05) is 6.61 Å². The van der Waals surface area contributed by atoms with E-state index >= 15 is 0 Å². The first-order valence-electron chi connectivity index (χ1n) is 5.50. The Kier molecular flexibility index (Phi) is 6.48. The van der Waals surface area contributed by atoms with Gasteiger partial charge in [0.25, 0.3) is 0 Å². The largest absolute Gasteiger partial charge is 0.462 e. The quantitative estimate of drug-likeness (QED) is 0.389. The highest BCUT2D eigenvalue weighted by Crippen LogP contribution is 2.45. The van der Waals surface area contributed by atoms with Gasteiger partial charge in [0.05, 0.1) is 5.41 Å². The van der Waals surface area contributed by atoms with Crippen LogP contribution in [0.2, 0.25) is 0 Å². The van der Waals surface area contributed by atoms with Crippen molar-refractivity contribution in [1.82, 2.24) is 0 Å². The number of esters is 2. The summed E-state index contributed by atoms with van der Waals surface area (Å²) in [5.41, 5.74) is -0.120. The molecule has 0 heterocycles. The molecule has 0 bridgehead atoms. The van der Waals surface area contributed by atoms with Gasteiger partial charge in [-0.25, -0.2) is 9.59 Å². The first-order chi connectivity index (χ1) is 8.40. The highest BCUT2D eigenvalue weighted by Gasteiger charge is 2.45. The fourth-order valence-corrected chi connectivity index (χ4v) is 1.32. The van der Waals surface area contributed by atoms with Gasteiger partial charge in [-0.15, -0.1) is 0 Å². The maximum atomic E-state index is 11.5. The number of rotatable bonds is 6. The van der Waals surface area contributed by atoms with Crippen LogP contribution in [0.5, 0.6) is 0 Å². The Labute approximate surface area is 130 Å². The van der Waals surface area contributed by atoms with Gasteiger partial charge in [-0.05, 0) is 45.7 Å². The van der Waals surface area contributed by atoms with Gasteiger partial charge in [0.15, 0.2) is 0 Å². The lowest BCUT2D eigenvalue weighted by atomic mass is 9.96. The predicted molar refractivity (Wildman–Crippen MR) is 81.0 cm³/mol. The van der Waals surface area contributed by atoms with Crippen molar-refractivity contribution in [3.63, 3.8) is 0 Å². The summed E-state index contributed by atoms with van der Waals surface area (Å²) in [6.07, 6.45) is 0. The number of hydrogen-bond donors (Lipinski definition) is 0. The maximum absolute atomic E-state index is 11.5. The predicted octanol–water partition coefficient (Wildman–Crippen LogP) is 3.69. The van der Waals surface area contributed by atoms with Gasteiger partial charge in [0.2, 0.25) is 3.42 Å². The molecule has 0 fully saturated rings. The van der Waals surface area contributed by atoms with Gasteiger partial charge >= 0.3 is 11.9 Å². The van der Waals surface area contributed by atoms with Crippen molar-refractivity contribution in [1.29, 1.82) is 0 Å². The Hall–Kier alpha value is -0.620. The minimum atomic E-state index is -1.17. The molecule has 0 aromatic heterocycles.